The molecule has 0 heterocycles. The second kappa shape index (κ2) is 7.51. The van der Waals surface area contributed by atoms with E-state index in [-0.39, 0.29) is 21.6 Å². The molecule has 0 fully saturated rings. The highest BCUT2D eigenvalue weighted by Crippen LogP contribution is 2.21. The van der Waals surface area contributed by atoms with Crippen LogP contribution in [-0.4, -0.2) is 22.1 Å². The topological polar surface area (TPSA) is 78.4 Å². The predicted molar refractivity (Wildman–Crippen MR) is 106 cm³/mol. The first-order valence-corrected chi connectivity index (χ1v) is 8.36. The normalized spacial score (nSPS) is 10.3. The van der Waals surface area contributed by atoms with Gasteiger partial charge in [-0.25, -0.2) is 4.79 Å². The highest BCUT2D eigenvalue weighted by atomic mass is 35.5. The Morgan fingerprint density at radius 2 is 1.69 bits per heavy atom. The van der Waals surface area contributed by atoms with Gasteiger partial charge in [-0.1, -0.05) is 41.9 Å². The number of carboxylic acid groups (broad SMARTS) is 1. The van der Waals surface area contributed by atoms with Gasteiger partial charge < -0.3 is 10.4 Å². The van der Waals surface area contributed by atoms with Gasteiger partial charge in [0.1, 0.15) is 0 Å². The molecule has 0 spiro atoms. The minimum Gasteiger partial charge on any atom is -0.478 e. The molecular weight excluding hydrogens is 372 g/mol. The van der Waals surface area contributed by atoms with Crippen molar-refractivity contribution in [1.82, 2.24) is 5.32 Å². The molecule has 3 rings (SSSR count). The number of carbonyl (C=O) groups is 2. The number of hydrogen-bond donors (Lipinski definition) is 3. The zero-order valence-corrected chi connectivity index (χ0v) is 14.9. The SMILES string of the molecule is O=C(NC(=S)Nc1ccc(C(=O)O)c(Cl)c1)c1ccc2ccccc2c1. The van der Waals surface area contributed by atoms with Crippen LogP contribution in [0, 0.1) is 0 Å². The summed E-state index contributed by atoms with van der Waals surface area (Å²) in [6, 6.07) is 17.4. The van der Waals surface area contributed by atoms with Gasteiger partial charge in [0.25, 0.3) is 5.91 Å². The average molecular weight is 385 g/mol. The molecule has 0 atom stereocenters. The van der Waals surface area contributed by atoms with Gasteiger partial charge in [-0.3, -0.25) is 10.1 Å². The van der Waals surface area contributed by atoms with Crippen molar-refractivity contribution in [2.45, 2.75) is 0 Å². The van der Waals surface area contributed by atoms with Crippen LogP contribution >= 0.6 is 23.8 Å². The molecule has 3 aromatic rings. The van der Waals surface area contributed by atoms with Crippen molar-refractivity contribution >= 4 is 57.3 Å². The van der Waals surface area contributed by atoms with Gasteiger partial charge in [-0.05, 0) is 53.3 Å². The van der Waals surface area contributed by atoms with Crippen LogP contribution in [0.2, 0.25) is 5.02 Å². The Hall–Kier alpha value is -2.96. The van der Waals surface area contributed by atoms with E-state index >= 15 is 0 Å². The molecule has 0 radical (unpaired) electrons. The third kappa shape index (κ3) is 3.99. The third-order valence-electron chi connectivity index (χ3n) is 3.70. The van der Waals surface area contributed by atoms with Gasteiger partial charge in [0.05, 0.1) is 10.6 Å². The predicted octanol–water partition coefficient (Wildman–Crippen LogP) is 4.32. The van der Waals surface area contributed by atoms with Gasteiger partial charge >= 0.3 is 5.97 Å². The molecule has 0 aliphatic rings. The molecule has 1 amide bonds. The van der Waals surface area contributed by atoms with Crippen molar-refractivity contribution in [2.75, 3.05) is 5.32 Å². The molecule has 0 saturated heterocycles. The lowest BCUT2D eigenvalue weighted by molar-refractivity contribution is 0.0697. The van der Waals surface area contributed by atoms with E-state index in [0.29, 0.717) is 11.3 Å². The number of benzene rings is 3. The summed E-state index contributed by atoms with van der Waals surface area (Å²) in [6.45, 7) is 0. The smallest absolute Gasteiger partial charge is 0.337 e. The van der Waals surface area contributed by atoms with Crippen molar-refractivity contribution in [3.63, 3.8) is 0 Å². The lowest BCUT2D eigenvalue weighted by Crippen LogP contribution is -2.34. The highest BCUT2D eigenvalue weighted by Gasteiger charge is 2.11. The first kappa shape index (κ1) is 17.8. The van der Waals surface area contributed by atoms with Gasteiger partial charge in [-0.2, -0.15) is 0 Å². The van der Waals surface area contributed by atoms with Crippen molar-refractivity contribution in [3.05, 3.63) is 76.8 Å². The largest absolute Gasteiger partial charge is 0.478 e. The number of carboxylic acids is 1. The number of nitrogens with one attached hydrogen (secondary N) is 2. The molecule has 5 nitrogen and oxygen atoms in total. The molecule has 3 aromatic carbocycles. The fraction of sp³-hybridized carbons (Fsp3) is 0. The van der Waals surface area contributed by atoms with Gasteiger partial charge in [-0.15, -0.1) is 0 Å². The van der Waals surface area contributed by atoms with Crippen molar-refractivity contribution in [1.29, 1.82) is 0 Å². The second-order valence-corrected chi connectivity index (χ2v) is 6.29. The molecule has 0 aromatic heterocycles. The second-order valence-electron chi connectivity index (χ2n) is 5.47. The molecule has 7 heteroatoms. The Morgan fingerprint density at radius 3 is 2.38 bits per heavy atom. The van der Waals surface area contributed by atoms with Crippen LogP contribution in [0.1, 0.15) is 20.7 Å². The third-order valence-corrected chi connectivity index (χ3v) is 4.21. The van der Waals surface area contributed by atoms with Crippen LogP contribution < -0.4 is 10.6 Å². The van der Waals surface area contributed by atoms with Crippen molar-refractivity contribution in [3.8, 4) is 0 Å². The van der Waals surface area contributed by atoms with Gasteiger partial charge in [0.2, 0.25) is 0 Å². The molecule has 0 saturated carbocycles. The maximum atomic E-state index is 12.4. The Morgan fingerprint density at radius 1 is 0.962 bits per heavy atom. The van der Waals surface area contributed by atoms with E-state index in [9.17, 15) is 9.59 Å². The number of carbonyl (C=O) groups excluding carboxylic acids is 1. The molecule has 26 heavy (non-hydrogen) atoms. The number of fused-ring (bicyclic) bond motifs is 1. The number of thiocarbonyl (C=S) groups is 1. The number of rotatable bonds is 3. The minimum atomic E-state index is -1.12. The van der Waals surface area contributed by atoms with Gasteiger partial charge in [0, 0.05) is 11.3 Å². The average Bonchev–Trinajstić information content (AvgIpc) is 2.60. The molecule has 0 aliphatic heterocycles. The van der Waals surface area contributed by atoms with E-state index < -0.39 is 5.97 Å². The monoisotopic (exact) mass is 384 g/mol. The summed E-state index contributed by atoms with van der Waals surface area (Å²) in [5.74, 6) is -1.46. The van der Waals surface area contributed by atoms with Crippen LogP contribution in [0.3, 0.4) is 0 Å². The van der Waals surface area contributed by atoms with Crippen LogP contribution in [0.15, 0.2) is 60.7 Å². The summed E-state index contributed by atoms with van der Waals surface area (Å²) >= 11 is 11.0. The quantitative estimate of drug-likeness (QED) is 0.586. The van der Waals surface area contributed by atoms with Crippen LogP contribution in [0.5, 0.6) is 0 Å². The summed E-state index contributed by atoms with van der Waals surface area (Å²) < 4.78 is 0. The van der Waals surface area contributed by atoms with Crippen LogP contribution in [-0.2, 0) is 0 Å². The van der Waals surface area contributed by atoms with E-state index in [2.05, 4.69) is 10.6 Å². The van der Waals surface area contributed by atoms with Crippen LogP contribution in [0.25, 0.3) is 10.8 Å². The maximum absolute atomic E-state index is 12.4. The zero-order valence-electron chi connectivity index (χ0n) is 13.3. The number of aromatic carboxylic acids is 1. The van der Waals surface area contributed by atoms with Gasteiger partial charge in [0.15, 0.2) is 5.11 Å². The van der Waals surface area contributed by atoms with E-state index in [1.54, 1.807) is 12.1 Å². The standard InChI is InChI=1S/C19H13ClN2O3S/c20-16-10-14(7-8-15(16)18(24)25)21-19(26)22-17(23)13-6-5-11-3-1-2-4-12(11)9-13/h1-10H,(H,24,25)(H2,21,22,23,26). The Kier molecular flexibility index (Phi) is 5.16. The first-order chi connectivity index (χ1) is 12.4. The Balaban J connectivity index is 1.69. The zero-order chi connectivity index (χ0) is 18.7. The molecule has 130 valence electrons. The van der Waals surface area contributed by atoms with E-state index in [0.717, 1.165) is 10.8 Å². The van der Waals surface area contributed by atoms with E-state index in [1.807, 2.05) is 30.3 Å². The summed E-state index contributed by atoms with van der Waals surface area (Å²) in [5, 5.41) is 16.5. The van der Waals surface area contributed by atoms with Crippen molar-refractivity contribution < 1.29 is 14.7 Å². The minimum absolute atomic E-state index is 0.0108. The first-order valence-electron chi connectivity index (χ1n) is 7.58. The molecule has 0 aliphatic carbocycles. The Labute approximate surface area is 159 Å². The number of halogens is 1. The number of hydrogen-bond acceptors (Lipinski definition) is 3. The lowest BCUT2D eigenvalue weighted by atomic mass is 10.1. The lowest BCUT2D eigenvalue weighted by Gasteiger charge is -2.11. The van der Waals surface area contributed by atoms with E-state index in [4.69, 9.17) is 28.9 Å². The van der Waals surface area contributed by atoms with Crippen molar-refractivity contribution in [2.24, 2.45) is 0 Å². The fourth-order valence-electron chi connectivity index (χ4n) is 2.43. The molecule has 3 N–H and O–H groups in total. The summed E-state index contributed by atoms with van der Waals surface area (Å²) in [5.41, 5.74) is 0.944. The summed E-state index contributed by atoms with van der Waals surface area (Å²) in [7, 11) is 0. The van der Waals surface area contributed by atoms with E-state index in [1.165, 1.54) is 18.2 Å². The Bertz CT molecular complexity index is 1040. The fourth-order valence-corrected chi connectivity index (χ4v) is 2.91. The highest BCUT2D eigenvalue weighted by molar-refractivity contribution is 7.80. The number of anilines is 1. The summed E-state index contributed by atoms with van der Waals surface area (Å²) in [4.78, 5) is 23.3. The molecule has 0 unspecified atom stereocenters. The van der Waals surface area contributed by atoms with Crippen LogP contribution in [0.4, 0.5) is 5.69 Å². The maximum Gasteiger partial charge on any atom is 0.337 e. The molecular formula is C19H13ClN2O3S. The number of amides is 1. The summed E-state index contributed by atoms with van der Waals surface area (Å²) in [6.07, 6.45) is 0. The molecule has 0 bridgehead atoms.